The fraction of sp³-hybridized carbons (Fsp3) is 0.476. The Labute approximate surface area is 174 Å². The van der Waals surface area contributed by atoms with Gasteiger partial charge in [-0.25, -0.2) is 4.98 Å². The van der Waals surface area contributed by atoms with Gasteiger partial charge in [0.05, 0.1) is 40.4 Å². The van der Waals surface area contributed by atoms with Gasteiger partial charge in [0.15, 0.2) is 5.65 Å². The molecule has 7 nitrogen and oxygen atoms in total. The molecule has 29 heavy (non-hydrogen) atoms. The van der Waals surface area contributed by atoms with Gasteiger partial charge in [-0.3, -0.25) is 14.4 Å². The van der Waals surface area contributed by atoms with E-state index in [2.05, 4.69) is 22.2 Å². The van der Waals surface area contributed by atoms with Crippen LogP contribution in [0.15, 0.2) is 23.6 Å². The molecule has 0 saturated carbocycles. The first-order valence-corrected chi connectivity index (χ1v) is 10.9. The second kappa shape index (κ2) is 8.61. The molecule has 4 heterocycles. The lowest BCUT2D eigenvalue weighted by Gasteiger charge is -2.27. The molecule has 1 aliphatic heterocycles. The number of aryl methyl sites for hydroxylation is 2. The normalized spacial score (nSPS) is 16.2. The summed E-state index contributed by atoms with van der Waals surface area (Å²) < 4.78 is 7.15. The Morgan fingerprint density at radius 1 is 1.38 bits per heavy atom. The van der Waals surface area contributed by atoms with E-state index >= 15 is 0 Å². The van der Waals surface area contributed by atoms with Crippen molar-refractivity contribution >= 4 is 28.3 Å². The average molecular weight is 414 g/mol. The summed E-state index contributed by atoms with van der Waals surface area (Å²) in [6.45, 7) is 8.46. The van der Waals surface area contributed by atoms with E-state index in [9.17, 15) is 4.79 Å². The summed E-state index contributed by atoms with van der Waals surface area (Å²) in [7, 11) is 1.87. The van der Waals surface area contributed by atoms with E-state index in [-0.39, 0.29) is 11.9 Å². The lowest BCUT2D eigenvalue weighted by atomic mass is 10.1. The van der Waals surface area contributed by atoms with Crippen LogP contribution in [0.25, 0.3) is 21.6 Å². The van der Waals surface area contributed by atoms with Gasteiger partial charge in [0.25, 0.3) is 5.91 Å². The number of ether oxygens (including phenoxy) is 1. The fourth-order valence-electron chi connectivity index (χ4n) is 3.75. The number of morpholine rings is 1. The molecule has 8 heteroatoms. The molecule has 0 radical (unpaired) electrons. The van der Waals surface area contributed by atoms with Crippen LogP contribution in [-0.2, 0) is 11.8 Å². The van der Waals surface area contributed by atoms with Gasteiger partial charge in [-0.2, -0.15) is 5.10 Å². The van der Waals surface area contributed by atoms with Crippen LogP contribution >= 0.6 is 11.3 Å². The molecular formula is C21H27N5O2S. The summed E-state index contributed by atoms with van der Waals surface area (Å²) in [6.07, 6.45) is 0.907. The highest BCUT2D eigenvalue weighted by molar-refractivity contribution is 7.13. The molecule has 4 rings (SSSR count). The van der Waals surface area contributed by atoms with Crippen molar-refractivity contribution in [3.63, 3.8) is 0 Å². The van der Waals surface area contributed by atoms with Gasteiger partial charge in [0.1, 0.15) is 0 Å². The maximum absolute atomic E-state index is 13.2. The number of aromatic nitrogens is 3. The molecular weight excluding hydrogens is 386 g/mol. The van der Waals surface area contributed by atoms with Gasteiger partial charge in [0.2, 0.25) is 0 Å². The third kappa shape index (κ3) is 4.34. The molecule has 1 unspecified atom stereocenters. The molecule has 154 valence electrons. The van der Waals surface area contributed by atoms with Crippen molar-refractivity contribution in [1.82, 2.24) is 25.0 Å². The quantitative estimate of drug-likeness (QED) is 0.673. The summed E-state index contributed by atoms with van der Waals surface area (Å²) in [5, 5.41) is 10.5. The second-order valence-corrected chi connectivity index (χ2v) is 8.50. The Bertz CT molecular complexity index is 992. The van der Waals surface area contributed by atoms with E-state index in [4.69, 9.17) is 9.72 Å². The Hall–Kier alpha value is -2.29. The number of fused-ring (bicyclic) bond motifs is 1. The number of rotatable bonds is 6. The van der Waals surface area contributed by atoms with Crippen molar-refractivity contribution in [2.45, 2.75) is 26.3 Å². The minimum absolute atomic E-state index is 0.0687. The maximum atomic E-state index is 13.2. The highest BCUT2D eigenvalue weighted by Gasteiger charge is 2.21. The molecule has 0 aromatic carbocycles. The average Bonchev–Trinajstić information content (AvgIpc) is 3.35. The number of nitrogens with one attached hydrogen (secondary N) is 1. The van der Waals surface area contributed by atoms with Gasteiger partial charge in [0, 0.05) is 32.7 Å². The van der Waals surface area contributed by atoms with Crippen molar-refractivity contribution in [3.05, 3.63) is 34.8 Å². The Kier molecular flexibility index (Phi) is 5.94. The van der Waals surface area contributed by atoms with E-state index in [0.29, 0.717) is 5.56 Å². The number of thiophene rings is 1. The molecule has 1 fully saturated rings. The Morgan fingerprint density at radius 2 is 2.17 bits per heavy atom. The smallest absolute Gasteiger partial charge is 0.252 e. The van der Waals surface area contributed by atoms with Crippen LogP contribution in [0.4, 0.5) is 0 Å². The SMILES string of the molecule is Cc1nn(C)c2nc(-c3cccs3)cc(C(=O)NC(C)CCN3CCOCC3)c12. The van der Waals surface area contributed by atoms with Crippen LogP contribution in [0.1, 0.15) is 29.4 Å². The van der Waals surface area contributed by atoms with Gasteiger partial charge < -0.3 is 10.1 Å². The Morgan fingerprint density at radius 3 is 2.90 bits per heavy atom. The standard InChI is InChI=1S/C21H27N5O2S/c1-14(6-7-26-8-10-28-11-9-26)22-21(27)16-13-17(18-5-4-12-29-18)23-20-19(16)15(2)24-25(20)3/h4-5,12-14H,6-11H2,1-3H3,(H,22,27). The lowest BCUT2D eigenvalue weighted by molar-refractivity contribution is 0.0363. The minimum Gasteiger partial charge on any atom is -0.379 e. The summed E-state index contributed by atoms with van der Waals surface area (Å²) in [5.74, 6) is -0.0687. The zero-order valence-electron chi connectivity index (χ0n) is 17.1. The number of pyridine rings is 1. The molecule has 3 aromatic rings. The summed E-state index contributed by atoms with van der Waals surface area (Å²) in [5.41, 5.74) is 3.00. The van der Waals surface area contributed by atoms with E-state index in [1.165, 1.54) is 0 Å². The Balaban J connectivity index is 1.56. The number of nitrogens with zero attached hydrogens (tertiary/aromatic N) is 4. The molecule has 1 amide bonds. The molecule has 1 atom stereocenters. The van der Waals surface area contributed by atoms with Gasteiger partial charge in [-0.05, 0) is 37.8 Å². The van der Waals surface area contributed by atoms with Gasteiger partial charge >= 0.3 is 0 Å². The maximum Gasteiger partial charge on any atom is 0.252 e. The first kappa shape index (κ1) is 20.0. The summed E-state index contributed by atoms with van der Waals surface area (Å²) in [6, 6.07) is 5.99. The third-order valence-electron chi connectivity index (χ3n) is 5.35. The van der Waals surface area contributed by atoms with E-state index < -0.39 is 0 Å². The molecule has 1 saturated heterocycles. The van der Waals surface area contributed by atoms with Crippen molar-refractivity contribution < 1.29 is 9.53 Å². The van der Waals surface area contributed by atoms with Crippen LogP contribution in [0.5, 0.6) is 0 Å². The largest absolute Gasteiger partial charge is 0.379 e. The number of hydrogen-bond donors (Lipinski definition) is 1. The molecule has 0 aliphatic carbocycles. The zero-order valence-corrected chi connectivity index (χ0v) is 18.0. The van der Waals surface area contributed by atoms with Crippen LogP contribution in [-0.4, -0.2) is 64.5 Å². The van der Waals surface area contributed by atoms with Crippen molar-refractivity contribution in [3.8, 4) is 10.6 Å². The fourth-order valence-corrected chi connectivity index (χ4v) is 4.44. The van der Waals surface area contributed by atoms with Crippen LogP contribution in [0, 0.1) is 6.92 Å². The molecule has 3 aromatic heterocycles. The highest BCUT2D eigenvalue weighted by atomic mass is 32.1. The van der Waals surface area contributed by atoms with Gasteiger partial charge in [-0.1, -0.05) is 6.07 Å². The van der Waals surface area contributed by atoms with Crippen molar-refractivity contribution in [2.75, 3.05) is 32.8 Å². The number of hydrogen-bond acceptors (Lipinski definition) is 6. The highest BCUT2D eigenvalue weighted by Crippen LogP contribution is 2.29. The predicted molar refractivity (Wildman–Crippen MR) is 115 cm³/mol. The van der Waals surface area contributed by atoms with Crippen molar-refractivity contribution in [1.29, 1.82) is 0 Å². The van der Waals surface area contributed by atoms with E-state index in [0.717, 1.165) is 66.6 Å². The molecule has 1 aliphatic rings. The van der Waals surface area contributed by atoms with Crippen LogP contribution in [0.2, 0.25) is 0 Å². The molecule has 0 spiro atoms. The summed E-state index contributed by atoms with van der Waals surface area (Å²) >= 11 is 1.62. The number of carbonyl (C=O) groups excluding carboxylic acids is 1. The second-order valence-electron chi connectivity index (χ2n) is 7.56. The van der Waals surface area contributed by atoms with Crippen molar-refractivity contribution in [2.24, 2.45) is 7.05 Å². The first-order valence-electron chi connectivity index (χ1n) is 10.0. The number of carbonyl (C=O) groups is 1. The molecule has 1 N–H and O–H groups in total. The van der Waals surface area contributed by atoms with E-state index in [1.807, 2.05) is 37.6 Å². The zero-order chi connectivity index (χ0) is 20.4. The van der Waals surface area contributed by atoms with Gasteiger partial charge in [-0.15, -0.1) is 11.3 Å². The minimum atomic E-state index is -0.0687. The van der Waals surface area contributed by atoms with Crippen LogP contribution < -0.4 is 5.32 Å². The first-order chi connectivity index (χ1) is 14.0. The predicted octanol–water partition coefficient (Wildman–Crippen LogP) is 2.85. The topological polar surface area (TPSA) is 72.3 Å². The molecule has 0 bridgehead atoms. The van der Waals surface area contributed by atoms with Crippen LogP contribution in [0.3, 0.4) is 0 Å². The monoisotopic (exact) mass is 413 g/mol. The third-order valence-corrected chi connectivity index (χ3v) is 6.24. The number of amides is 1. The van der Waals surface area contributed by atoms with E-state index in [1.54, 1.807) is 16.0 Å². The summed E-state index contributed by atoms with van der Waals surface area (Å²) in [4.78, 5) is 21.4. The lowest BCUT2D eigenvalue weighted by Crippen LogP contribution is -2.40.